The van der Waals surface area contributed by atoms with Gasteiger partial charge in [-0.2, -0.15) is 0 Å². The van der Waals surface area contributed by atoms with E-state index in [9.17, 15) is 4.57 Å². The van der Waals surface area contributed by atoms with Gasteiger partial charge in [0.25, 0.3) is 0 Å². The minimum atomic E-state index is -3.75. The van der Waals surface area contributed by atoms with Gasteiger partial charge < -0.3 is 9.79 Å². The Morgan fingerprint density at radius 1 is 1.62 bits per heavy atom. The normalized spacial score (nSPS) is 11.9. The first-order valence-corrected chi connectivity index (χ1v) is 5.71. The smallest absolute Gasteiger partial charge is 0.324 e. The maximum absolute atomic E-state index is 10.0. The van der Waals surface area contributed by atoms with E-state index in [1.165, 1.54) is 0 Å². The number of hydrogen-bond acceptors (Lipinski definition) is 3. The molecule has 0 saturated heterocycles. The Kier molecular flexibility index (Phi) is 4.20. The molecule has 50 valence electrons. The summed E-state index contributed by atoms with van der Waals surface area (Å²) in [4.78, 5) is 16.4. The lowest BCUT2D eigenvalue weighted by Crippen LogP contribution is -1.87. The molecule has 0 spiro atoms. The molecule has 3 nitrogen and oxygen atoms in total. The third kappa shape index (κ3) is 6.85. The molecule has 0 atom stereocenters. The summed E-state index contributed by atoms with van der Waals surface area (Å²) < 4.78 is 10.0. The maximum Gasteiger partial charge on any atom is 0.326 e. The minimum absolute atomic E-state index is 0.0822. The van der Waals surface area contributed by atoms with Crippen LogP contribution < -0.4 is 0 Å². The summed E-state index contributed by atoms with van der Waals surface area (Å²) in [6.45, 7) is 0. The van der Waals surface area contributed by atoms with E-state index >= 15 is 0 Å². The highest BCUT2D eigenvalue weighted by molar-refractivity contribution is 8.68. The summed E-state index contributed by atoms with van der Waals surface area (Å²) in [6, 6.07) is 0. The lowest BCUT2D eigenvalue weighted by atomic mass is 11.0. The van der Waals surface area contributed by atoms with Crippen LogP contribution in [0.5, 0.6) is 0 Å². The topological polar surface area (TPSA) is 57.5 Å². The molecule has 0 aromatic rings. The Labute approximate surface area is 56.8 Å². The Bertz CT molecular complexity index is 99.5. The van der Waals surface area contributed by atoms with Gasteiger partial charge in [-0.15, -0.1) is 11.7 Å². The lowest BCUT2D eigenvalue weighted by molar-refractivity contribution is 0.375. The highest BCUT2D eigenvalue weighted by atomic mass is 33.1. The van der Waals surface area contributed by atoms with Crippen molar-refractivity contribution in [3.8, 4) is 0 Å². The summed E-state index contributed by atoms with van der Waals surface area (Å²) in [6.07, 6.45) is -0.0822. The second-order valence-electron chi connectivity index (χ2n) is 1.22. The van der Waals surface area contributed by atoms with Crippen molar-refractivity contribution < 1.29 is 14.4 Å². The molecular formula is C2H7O3PS2. The monoisotopic (exact) mass is 174 g/mol. The zero-order valence-corrected chi connectivity index (χ0v) is 6.62. The van der Waals surface area contributed by atoms with Gasteiger partial charge in [-0.25, -0.2) is 0 Å². The van der Waals surface area contributed by atoms with Gasteiger partial charge >= 0.3 is 7.60 Å². The van der Waals surface area contributed by atoms with Gasteiger partial charge in [0.05, 0.1) is 6.16 Å². The first-order chi connectivity index (χ1) is 3.56. The predicted octanol–water partition coefficient (Wildman–Crippen LogP) is 0.742. The van der Waals surface area contributed by atoms with Gasteiger partial charge in [0.2, 0.25) is 0 Å². The third-order valence-electron chi connectivity index (χ3n) is 0.474. The second kappa shape index (κ2) is 3.80. The lowest BCUT2D eigenvalue weighted by Gasteiger charge is -1.98. The third-order valence-corrected chi connectivity index (χ3v) is 2.52. The SMILES string of the molecule is O=P(O)(O)CCSS. The van der Waals surface area contributed by atoms with Crippen LogP contribution in [0.2, 0.25) is 0 Å². The summed E-state index contributed by atoms with van der Waals surface area (Å²) in [5, 5.41) is 0. The van der Waals surface area contributed by atoms with Crippen molar-refractivity contribution in [3.63, 3.8) is 0 Å². The molecule has 0 heterocycles. The van der Waals surface area contributed by atoms with E-state index in [2.05, 4.69) is 11.7 Å². The van der Waals surface area contributed by atoms with Crippen molar-refractivity contribution in [3.05, 3.63) is 0 Å². The molecular weight excluding hydrogens is 167 g/mol. The molecule has 2 N–H and O–H groups in total. The molecule has 0 unspecified atom stereocenters. The molecule has 0 aliphatic carbocycles. The molecule has 0 fully saturated rings. The molecule has 0 aliphatic heterocycles. The number of hydrogen-bond donors (Lipinski definition) is 3. The van der Waals surface area contributed by atoms with Crippen LogP contribution in [0.1, 0.15) is 0 Å². The molecule has 0 aromatic heterocycles. The van der Waals surface area contributed by atoms with Crippen LogP contribution in [0.15, 0.2) is 0 Å². The largest absolute Gasteiger partial charge is 0.326 e. The summed E-state index contributed by atoms with van der Waals surface area (Å²) >= 11 is 3.71. The van der Waals surface area contributed by atoms with E-state index in [1.807, 2.05) is 0 Å². The van der Waals surface area contributed by atoms with E-state index < -0.39 is 7.60 Å². The molecule has 0 aromatic carbocycles. The van der Waals surface area contributed by atoms with Crippen LogP contribution in [0.25, 0.3) is 0 Å². The summed E-state index contributed by atoms with van der Waals surface area (Å²) in [5.74, 6) is 0.396. The van der Waals surface area contributed by atoms with Crippen molar-refractivity contribution in [1.29, 1.82) is 0 Å². The number of rotatable bonds is 3. The van der Waals surface area contributed by atoms with Crippen LogP contribution >= 0.6 is 30.1 Å². The van der Waals surface area contributed by atoms with Crippen LogP contribution in [-0.2, 0) is 4.57 Å². The van der Waals surface area contributed by atoms with E-state index in [0.717, 1.165) is 10.8 Å². The predicted molar refractivity (Wildman–Crippen MR) is 38.4 cm³/mol. The molecule has 0 radical (unpaired) electrons. The van der Waals surface area contributed by atoms with E-state index in [-0.39, 0.29) is 6.16 Å². The fourth-order valence-corrected chi connectivity index (χ4v) is 2.17. The van der Waals surface area contributed by atoms with Gasteiger partial charge in [-0.1, -0.05) is 10.8 Å². The van der Waals surface area contributed by atoms with E-state index in [4.69, 9.17) is 9.79 Å². The van der Waals surface area contributed by atoms with Crippen LogP contribution in [-0.4, -0.2) is 21.7 Å². The first-order valence-electron chi connectivity index (χ1n) is 1.87. The van der Waals surface area contributed by atoms with Gasteiger partial charge in [0.15, 0.2) is 0 Å². The highest BCUT2D eigenvalue weighted by Gasteiger charge is 2.10. The first kappa shape index (κ1) is 8.85. The molecule has 0 amide bonds. The van der Waals surface area contributed by atoms with Crippen LogP contribution in [0.4, 0.5) is 0 Å². The summed E-state index contributed by atoms with van der Waals surface area (Å²) in [5.41, 5.74) is 0. The highest BCUT2D eigenvalue weighted by Crippen LogP contribution is 2.34. The van der Waals surface area contributed by atoms with Gasteiger partial charge in [0, 0.05) is 5.75 Å². The van der Waals surface area contributed by atoms with Crippen LogP contribution in [0.3, 0.4) is 0 Å². The Hall–Kier alpha value is 0.850. The molecule has 8 heavy (non-hydrogen) atoms. The Morgan fingerprint density at radius 3 is 2.25 bits per heavy atom. The second-order valence-corrected chi connectivity index (χ2v) is 4.44. The fraction of sp³-hybridized carbons (Fsp3) is 1.00. The Morgan fingerprint density at radius 2 is 2.12 bits per heavy atom. The zero-order valence-electron chi connectivity index (χ0n) is 4.02. The quantitative estimate of drug-likeness (QED) is 0.335. The van der Waals surface area contributed by atoms with Crippen molar-refractivity contribution in [2.24, 2.45) is 0 Å². The molecule has 0 saturated carbocycles. The van der Waals surface area contributed by atoms with Crippen molar-refractivity contribution in [2.45, 2.75) is 0 Å². The van der Waals surface area contributed by atoms with Crippen molar-refractivity contribution in [2.75, 3.05) is 11.9 Å². The summed E-state index contributed by atoms with van der Waals surface area (Å²) in [7, 11) is -2.62. The fourth-order valence-electron chi connectivity index (χ4n) is 0.160. The van der Waals surface area contributed by atoms with Gasteiger partial charge in [-0.05, 0) is 0 Å². The molecule has 0 rings (SSSR count). The van der Waals surface area contributed by atoms with Gasteiger partial charge in [-0.3, -0.25) is 4.57 Å². The minimum Gasteiger partial charge on any atom is -0.324 e. The van der Waals surface area contributed by atoms with Crippen LogP contribution in [0, 0.1) is 0 Å². The average molecular weight is 174 g/mol. The number of thiol groups is 1. The molecule has 0 aliphatic rings. The van der Waals surface area contributed by atoms with Gasteiger partial charge in [0.1, 0.15) is 0 Å². The molecule has 0 bridgehead atoms. The Balaban J connectivity index is 3.26. The average Bonchev–Trinajstić information content (AvgIpc) is 1.59. The van der Waals surface area contributed by atoms with E-state index in [1.54, 1.807) is 0 Å². The maximum atomic E-state index is 10.0. The zero-order chi connectivity index (χ0) is 6.62. The standard InChI is InChI=1S/C2H7O3PS2/c3-6(4,5)1-2-8-7/h7H,1-2H2,(H2,3,4,5). The van der Waals surface area contributed by atoms with E-state index in [0.29, 0.717) is 5.75 Å². The van der Waals surface area contributed by atoms with Crippen molar-refractivity contribution >= 4 is 30.1 Å². The molecule has 6 heteroatoms. The van der Waals surface area contributed by atoms with Crippen molar-refractivity contribution in [1.82, 2.24) is 0 Å².